The minimum atomic E-state index is -0.0729. The topological polar surface area (TPSA) is 46.9 Å². The molecule has 3 aromatic rings. The summed E-state index contributed by atoms with van der Waals surface area (Å²) in [5.74, 6) is 0.0519. The molecule has 1 aromatic carbocycles. The Morgan fingerprint density at radius 1 is 1.22 bits per heavy atom. The number of hydrogen-bond donors (Lipinski definition) is 1. The van der Waals surface area contributed by atoms with Gasteiger partial charge in [0, 0.05) is 36.8 Å². The van der Waals surface area contributed by atoms with E-state index in [1.165, 1.54) is 16.5 Å². The van der Waals surface area contributed by atoms with Crippen molar-refractivity contribution in [1.29, 1.82) is 0 Å². The molecule has 3 rings (SSSR count). The van der Waals surface area contributed by atoms with Crippen LogP contribution in [0.3, 0.4) is 0 Å². The average molecular weight is 307 g/mol. The number of carbonyl (C=O) groups excluding carboxylic acids is 1. The Bertz CT molecular complexity index is 808. The van der Waals surface area contributed by atoms with Gasteiger partial charge in [-0.1, -0.05) is 24.3 Å². The molecule has 1 atom stereocenters. The average Bonchev–Trinajstić information content (AvgIpc) is 2.90. The van der Waals surface area contributed by atoms with E-state index in [0.717, 1.165) is 12.1 Å². The van der Waals surface area contributed by atoms with Gasteiger partial charge in [-0.15, -0.1) is 0 Å². The first-order valence-electron chi connectivity index (χ1n) is 7.88. The Balaban J connectivity index is 1.62. The summed E-state index contributed by atoms with van der Waals surface area (Å²) < 4.78 is 2.11. The van der Waals surface area contributed by atoms with Crippen LogP contribution in [0.15, 0.2) is 54.9 Å². The number of carbonyl (C=O) groups is 1. The molecule has 0 fully saturated rings. The van der Waals surface area contributed by atoms with Crippen molar-refractivity contribution < 1.29 is 4.79 Å². The zero-order valence-corrected chi connectivity index (χ0v) is 13.5. The maximum absolute atomic E-state index is 12.2. The van der Waals surface area contributed by atoms with E-state index >= 15 is 0 Å². The molecular weight excluding hydrogens is 286 g/mol. The number of pyridine rings is 1. The number of aryl methyl sites for hydroxylation is 2. The predicted octanol–water partition coefficient (Wildman–Crippen LogP) is 3.38. The van der Waals surface area contributed by atoms with Crippen molar-refractivity contribution in [3.8, 4) is 0 Å². The lowest BCUT2D eigenvalue weighted by Crippen LogP contribution is -2.27. The zero-order chi connectivity index (χ0) is 16.2. The first-order chi connectivity index (χ1) is 11.1. The van der Waals surface area contributed by atoms with E-state index in [4.69, 9.17) is 0 Å². The van der Waals surface area contributed by atoms with Crippen LogP contribution in [0.4, 0.5) is 0 Å². The maximum Gasteiger partial charge on any atom is 0.220 e. The van der Waals surface area contributed by atoms with E-state index in [0.29, 0.717) is 6.42 Å². The number of hydrogen-bond acceptors (Lipinski definition) is 2. The molecule has 0 radical (unpaired) electrons. The summed E-state index contributed by atoms with van der Waals surface area (Å²) in [6.07, 6.45) is 5.07. The first-order valence-corrected chi connectivity index (χ1v) is 7.88. The minimum absolute atomic E-state index is 0.0519. The van der Waals surface area contributed by atoms with Crippen LogP contribution < -0.4 is 5.32 Å². The highest BCUT2D eigenvalue weighted by atomic mass is 16.1. The van der Waals surface area contributed by atoms with Gasteiger partial charge in [0.25, 0.3) is 0 Å². The van der Waals surface area contributed by atoms with Gasteiger partial charge < -0.3 is 9.88 Å². The van der Waals surface area contributed by atoms with Gasteiger partial charge in [0.1, 0.15) is 0 Å². The molecule has 118 valence electrons. The number of fused-ring (bicyclic) bond motifs is 1. The maximum atomic E-state index is 12.2. The third-order valence-electron chi connectivity index (χ3n) is 4.11. The molecule has 23 heavy (non-hydrogen) atoms. The van der Waals surface area contributed by atoms with E-state index in [2.05, 4.69) is 33.2 Å². The van der Waals surface area contributed by atoms with E-state index < -0.39 is 0 Å². The molecule has 0 unspecified atom stereocenters. The van der Waals surface area contributed by atoms with E-state index in [-0.39, 0.29) is 11.9 Å². The SMILES string of the molecule is C[C@@H](NC(=O)CCc1cn(C)c2ccccc12)c1ccccn1. The van der Waals surface area contributed by atoms with Gasteiger partial charge in [-0.05, 0) is 37.1 Å². The molecule has 0 aliphatic heterocycles. The van der Waals surface area contributed by atoms with Gasteiger partial charge in [0.05, 0.1) is 11.7 Å². The van der Waals surface area contributed by atoms with Crippen molar-refractivity contribution in [3.63, 3.8) is 0 Å². The van der Waals surface area contributed by atoms with E-state index in [1.54, 1.807) is 6.20 Å². The van der Waals surface area contributed by atoms with Crippen LogP contribution in [0.5, 0.6) is 0 Å². The molecule has 0 aliphatic rings. The van der Waals surface area contributed by atoms with Crippen LogP contribution in [0.1, 0.15) is 30.6 Å². The van der Waals surface area contributed by atoms with Gasteiger partial charge in [0.2, 0.25) is 5.91 Å². The van der Waals surface area contributed by atoms with Crippen molar-refractivity contribution in [1.82, 2.24) is 14.9 Å². The number of aromatic nitrogens is 2. The van der Waals surface area contributed by atoms with E-state index in [1.807, 2.05) is 44.3 Å². The highest BCUT2D eigenvalue weighted by Crippen LogP contribution is 2.21. The molecule has 4 nitrogen and oxygen atoms in total. The molecule has 0 saturated carbocycles. The Morgan fingerprint density at radius 2 is 2.00 bits per heavy atom. The summed E-state index contributed by atoms with van der Waals surface area (Å²) in [4.78, 5) is 16.5. The van der Waals surface area contributed by atoms with Crippen LogP contribution in [-0.2, 0) is 18.3 Å². The molecule has 1 N–H and O–H groups in total. The molecule has 2 aromatic heterocycles. The van der Waals surface area contributed by atoms with Crippen molar-refractivity contribution >= 4 is 16.8 Å². The van der Waals surface area contributed by atoms with Crippen LogP contribution in [-0.4, -0.2) is 15.5 Å². The number of rotatable bonds is 5. The molecular formula is C19H21N3O. The lowest BCUT2D eigenvalue weighted by molar-refractivity contribution is -0.121. The molecule has 0 saturated heterocycles. The lowest BCUT2D eigenvalue weighted by Gasteiger charge is -2.13. The Labute approximate surface area is 136 Å². The van der Waals surface area contributed by atoms with Crippen LogP contribution in [0.2, 0.25) is 0 Å². The summed E-state index contributed by atoms with van der Waals surface area (Å²) in [5, 5.41) is 4.24. The van der Waals surface area contributed by atoms with Gasteiger partial charge in [-0.3, -0.25) is 9.78 Å². The number of para-hydroxylation sites is 1. The predicted molar refractivity (Wildman–Crippen MR) is 92.0 cm³/mol. The second kappa shape index (κ2) is 6.65. The normalized spacial score (nSPS) is 12.3. The number of amides is 1. The van der Waals surface area contributed by atoms with Crippen molar-refractivity contribution in [2.45, 2.75) is 25.8 Å². The zero-order valence-electron chi connectivity index (χ0n) is 13.5. The van der Waals surface area contributed by atoms with Crippen molar-refractivity contribution in [2.24, 2.45) is 7.05 Å². The Morgan fingerprint density at radius 3 is 2.78 bits per heavy atom. The third-order valence-corrected chi connectivity index (χ3v) is 4.11. The largest absolute Gasteiger partial charge is 0.350 e. The smallest absolute Gasteiger partial charge is 0.220 e. The summed E-state index contributed by atoms with van der Waals surface area (Å²) in [7, 11) is 2.04. The number of nitrogens with one attached hydrogen (secondary N) is 1. The summed E-state index contributed by atoms with van der Waals surface area (Å²) >= 11 is 0. The highest BCUT2D eigenvalue weighted by Gasteiger charge is 2.12. The van der Waals surface area contributed by atoms with Gasteiger partial charge in [-0.25, -0.2) is 0 Å². The fourth-order valence-corrected chi connectivity index (χ4v) is 2.89. The monoisotopic (exact) mass is 307 g/mol. The summed E-state index contributed by atoms with van der Waals surface area (Å²) in [6, 6.07) is 13.9. The minimum Gasteiger partial charge on any atom is -0.350 e. The van der Waals surface area contributed by atoms with Crippen LogP contribution >= 0.6 is 0 Å². The molecule has 1 amide bonds. The standard InChI is InChI=1S/C19H21N3O/c1-14(17-8-5-6-12-20-17)21-19(23)11-10-15-13-22(2)18-9-4-3-7-16(15)18/h3-9,12-14H,10-11H2,1-2H3,(H,21,23)/t14-/m1/s1. The first kappa shape index (κ1) is 15.3. The molecule has 2 heterocycles. The van der Waals surface area contributed by atoms with Gasteiger partial charge in [-0.2, -0.15) is 0 Å². The fraction of sp³-hybridized carbons (Fsp3) is 0.263. The number of benzene rings is 1. The molecule has 0 spiro atoms. The Kier molecular flexibility index (Phi) is 4.42. The highest BCUT2D eigenvalue weighted by molar-refractivity contribution is 5.85. The second-order valence-electron chi connectivity index (χ2n) is 5.83. The fourth-order valence-electron chi connectivity index (χ4n) is 2.89. The molecule has 4 heteroatoms. The van der Waals surface area contributed by atoms with Crippen LogP contribution in [0, 0.1) is 0 Å². The summed E-state index contributed by atoms with van der Waals surface area (Å²) in [5.41, 5.74) is 3.29. The molecule has 0 aliphatic carbocycles. The lowest BCUT2D eigenvalue weighted by atomic mass is 10.1. The third kappa shape index (κ3) is 3.42. The van der Waals surface area contributed by atoms with E-state index in [9.17, 15) is 4.79 Å². The quantitative estimate of drug-likeness (QED) is 0.785. The van der Waals surface area contributed by atoms with Crippen molar-refractivity contribution in [2.75, 3.05) is 0 Å². The summed E-state index contributed by atoms with van der Waals surface area (Å²) in [6.45, 7) is 1.96. The van der Waals surface area contributed by atoms with Crippen molar-refractivity contribution in [3.05, 3.63) is 66.1 Å². The molecule has 0 bridgehead atoms. The Hall–Kier alpha value is -2.62. The second-order valence-corrected chi connectivity index (χ2v) is 5.83. The van der Waals surface area contributed by atoms with Gasteiger partial charge in [0.15, 0.2) is 0 Å². The van der Waals surface area contributed by atoms with Gasteiger partial charge >= 0.3 is 0 Å². The van der Waals surface area contributed by atoms with Crippen LogP contribution in [0.25, 0.3) is 10.9 Å². The number of nitrogens with zero attached hydrogens (tertiary/aromatic N) is 2.